The van der Waals surface area contributed by atoms with Crippen molar-refractivity contribution in [1.29, 1.82) is 0 Å². The minimum absolute atomic E-state index is 0.0990. The molecule has 2 aliphatic carbocycles. The van der Waals surface area contributed by atoms with Gasteiger partial charge in [0.1, 0.15) is 0 Å². The van der Waals surface area contributed by atoms with E-state index in [0.717, 1.165) is 25.3 Å². The summed E-state index contributed by atoms with van der Waals surface area (Å²) in [5.74, 6) is 0.720. The smallest absolute Gasteiger partial charge is 0.317 e. The third kappa shape index (κ3) is 4.97. The van der Waals surface area contributed by atoms with Crippen molar-refractivity contribution >= 4 is 11.9 Å². The zero-order valence-corrected chi connectivity index (χ0v) is 13.9. The number of likely N-dealkylation sites (N-methyl/N-ethyl adjacent to an activating group) is 1. The minimum Gasteiger partial charge on any atom is -0.480 e. The number of hydrogen-bond donors (Lipinski definition) is 2. The lowest BCUT2D eigenvalue weighted by Gasteiger charge is -2.42. The SMILES string of the molecule is CCN(CC(=O)O)C1CC(NC(=O)CC2CCCC(C)C2)C1. The lowest BCUT2D eigenvalue weighted by molar-refractivity contribution is -0.139. The van der Waals surface area contributed by atoms with E-state index in [-0.39, 0.29) is 18.5 Å². The molecule has 2 rings (SSSR count). The number of carbonyl (C=O) groups excluding carboxylic acids is 1. The van der Waals surface area contributed by atoms with Crippen LogP contribution in [0.5, 0.6) is 0 Å². The fourth-order valence-corrected chi connectivity index (χ4v) is 3.97. The largest absolute Gasteiger partial charge is 0.480 e. The standard InChI is InChI=1S/C17H30N2O3/c1-3-19(11-17(21)22)15-9-14(10-15)18-16(20)8-13-6-4-5-12(2)7-13/h12-15H,3-11H2,1-2H3,(H,18,20)(H,21,22). The van der Waals surface area contributed by atoms with Crippen molar-refractivity contribution in [2.24, 2.45) is 11.8 Å². The summed E-state index contributed by atoms with van der Waals surface area (Å²) in [5, 5.41) is 12.0. The summed E-state index contributed by atoms with van der Waals surface area (Å²) in [6.45, 7) is 5.11. The van der Waals surface area contributed by atoms with Gasteiger partial charge >= 0.3 is 5.97 Å². The molecule has 2 fully saturated rings. The number of aliphatic carboxylic acids is 1. The first-order valence-electron chi connectivity index (χ1n) is 8.73. The van der Waals surface area contributed by atoms with Crippen LogP contribution in [0.25, 0.3) is 0 Å². The molecule has 2 atom stereocenters. The van der Waals surface area contributed by atoms with E-state index in [1.807, 2.05) is 11.8 Å². The monoisotopic (exact) mass is 310 g/mol. The number of rotatable bonds is 7. The van der Waals surface area contributed by atoms with E-state index in [1.54, 1.807) is 0 Å². The highest BCUT2D eigenvalue weighted by Gasteiger charge is 2.35. The lowest BCUT2D eigenvalue weighted by Crippen LogP contribution is -2.55. The summed E-state index contributed by atoms with van der Waals surface area (Å²) >= 11 is 0. The molecular formula is C17H30N2O3. The fraction of sp³-hybridized carbons (Fsp3) is 0.882. The first kappa shape index (κ1) is 17.3. The highest BCUT2D eigenvalue weighted by Crippen LogP contribution is 2.31. The number of hydrogen-bond acceptors (Lipinski definition) is 3. The quantitative estimate of drug-likeness (QED) is 0.757. The van der Waals surface area contributed by atoms with Gasteiger partial charge in [-0.2, -0.15) is 0 Å². The molecule has 0 spiro atoms. The van der Waals surface area contributed by atoms with E-state index in [2.05, 4.69) is 12.2 Å². The first-order chi connectivity index (χ1) is 10.5. The van der Waals surface area contributed by atoms with Crippen molar-refractivity contribution < 1.29 is 14.7 Å². The van der Waals surface area contributed by atoms with E-state index in [4.69, 9.17) is 5.11 Å². The van der Waals surface area contributed by atoms with Gasteiger partial charge in [-0.05, 0) is 44.1 Å². The molecule has 2 N–H and O–H groups in total. The lowest BCUT2D eigenvalue weighted by atomic mass is 9.80. The van der Waals surface area contributed by atoms with Crippen LogP contribution in [0.1, 0.15) is 58.8 Å². The topological polar surface area (TPSA) is 69.6 Å². The van der Waals surface area contributed by atoms with Crippen LogP contribution in [0.2, 0.25) is 0 Å². The third-order valence-electron chi connectivity index (χ3n) is 5.26. The van der Waals surface area contributed by atoms with E-state index >= 15 is 0 Å². The second kappa shape index (κ2) is 7.95. The van der Waals surface area contributed by atoms with Crippen molar-refractivity contribution in [2.75, 3.05) is 13.1 Å². The highest BCUT2D eigenvalue weighted by atomic mass is 16.4. The number of nitrogens with one attached hydrogen (secondary N) is 1. The first-order valence-corrected chi connectivity index (χ1v) is 8.73. The van der Waals surface area contributed by atoms with Crippen molar-refractivity contribution in [2.45, 2.75) is 70.9 Å². The highest BCUT2D eigenvalue weighted by molar-refractivity contribution is 5.76. The summed E-state index contributed by atoms with van der Waals surface area (Å²) in [6, 6.07) is 0.544. The van der Waals surface area contributed by atoms with Crippen molar-refractivity contribution in [1.82, 2.24) is 10.2 Å². The summed E-state index contributed by atoms with van der Waals surface area (Å²) in [6.07, 6.45) is 7.36. The second-order valence-corrected chi connectivity index (χ2v) is 7.19. The molecule has 2 aliphatic rings. The van der Waals surface area contributed by atoms with Gasteiger partial charge in [0.15, 0.2) is 0 Å². The van der Waals surface area contributed by atoms with Gasteiger partial charge in [-0.1, -0.05) is 26.7 Å². The van der Waals surface area contributed by atoms with Crippen LogP contribution in [0.4, 0.5) is 0 Å². The van der Waals surface area contributed by atoms with Crippen molar-refractivity contribution in [3.8, 4) is 0 Å². The van der Waals surface area contributed by atoms with Crippen LogP contribution in [-0.2, 0) is 9.59 Å². The Kier molecular flexibility index (Phi) is 6.24. The van der Waals surface area contributed by atoms with Crippen LogP contribution in [0, 0.1) is 11.8 Å². The van der Waals surface area contributed by atoms with Gasteiger partial charge in [-0.25, -0.2) is 0 Å². The van der Waals surface area contributed by atoms with Gasteiger partial charge in [-0.15, -0.1) is 0 Å². The maximum absolute atomic E-state index is 12.1. The fourth-order valence-electron chi connectivity index (χ4n) is 3.97. The number of carbonyl (C=O) groups is 2. The molecule has 0 radical (unpaired) electrons. The molecular weight excluding hydrogens is 280 g/mol. The number of amides is 1. The zero-order valence-electron chi connectivity index (χ0n) is 13.9. The van der Waals surface area contributed by atoms with Crippen LogP contribution in [0.3, 0.4) is 0 Å². The predicted molar refractivity (Wildman–Crippen MR) is 85.6 cm³/mol. The van der Waals surface area contributed by atoms with Gasteiger partial charge in [0.05, 0.1) is 6.54 Å². The molecule has 126 valence electrons. The van der Waals surface area contributed by atoms with Crippen LogP contribution in [0.15, 0.2) is 0 Å². The van der Waals surface area contributed by atoms with Gasteiger partial charge < -0.3 is 10.4 Å². The Morgan fingerprint density at radius 3 is 2.55 bits per heavy atom. The number of carboxylic acids is 1. The van der Waals surface area contributed by atoms with Gasteiger partial charge in [-0.3, -0.25) is 14.5 Å². The van der Waals surface area contributed by atoms with E-state index in [9.17, 15) is 9.59 Å². The summed E-state index contributed by atoms with van der Waals surface area (Å²) in [7, 11) is 0. The summed E-state index contributed by atoms with van der Waals surface area (Å²) in [4.78, 5) is 24.9. The molecule has 1 amide bonds. The van der Waals surface area contributed by atoms with Gasteiger partial charge in [0.25, 0.3) is 0 Å². The molecule has 22 heavy (non-hydrogen) atoms. The van der Waals surface area contributed by atoms with Crippen molar-refractivity contribution in [3.63, 3.8) is 0 Å². The summed E-state index contributed by atoms with van der Waals surface area (Å²) in [5.41, 5.74) is 0. The predicted octanol–water partition coefficient (Wildman–Crippen LogP) is 2.26. The Morgan fingerprint density at radius 1 is 1.23 bits per heavy atom. The Hall–Kier alpha value is -1.10. The molecule has 0 bridgehead atoms. The molecule has 5 heteroatoms. The minimum atomic E-state index is -0.777. The molecule has 5 nitrogen and oxygen atoms in total. The molecule has 2 saturated carbocycles. The molecule has 0 saturated heterocycles. The van der Waals surface area contributed by atoms with Crippen LogP contribution in [-0.4, -0.2) is 47.1 Å². The summed E-state index contributed by atoms with van der Waals surface area (Å²) < 4.78 is 0. The normalized spacial score (nSPS) is 31.6. The maximum Gasteiger partial charge on any atom is 0.317 e. The van der Waals surface area contributed by atoms with Crippen molar-refractivity contribution in [3.05, 3.63) is 0 Å². The van der Waals surface area contributed by atoms with E-state index in [0.29, 0.717) is 18.4 Å². The average molecular weight is 310 g/mol. The van der Waals surface area contributed by atoms with Gasteiger partial charge in [0.2, 0.25) is 5.91 Å². The van der Waals surface area contributed by atoms with E-state index < -0.39 is 5.97 Å². The maximum atomic E-state index is 12.1. The Morgan fingerprint density at radius 2 is 1.95 bits per heavy atom. The molecule has 0 heterocycles. The van der Waals surface area contributed by atoms with Crippen LogP contribution >= 0.6 is 0 Å². The molecule has 0 aromatic rings. The Balaban J connectivity index is 1.66. The third-order valence-corrected chi connectivity index (χ3v) is 5.26. The molecule has 2 unspecified atom stereocenters. The molecule has 0 aliphatic heterocycles. The van der Waals surface area contributed by atoms with E-state index in [1.165, 1.54) is 25.7 Å². The zero-order chi connectivity index (χ0) is 16.1. The second-order valence-electron chi connectivity index (χ2n) is 7.19. The van der Waals surface area contributed by atoms with Crippen LogP contribution < -0.4 is 5.32 Å². The molecule has 0 aromatic carbocycles. The number of carboxylic acid groups (broad SMARTS) is 1. The Bertz CT molecular complexity index is 393. The van der Waals surface area contributed by atoms with Gasteiger partial charge in [0, 0.05) is 18.5 Å². The molecule has 0 aromatic heterocycles. The Labute approximate surface area is 133 Å². The average Bonchev–Trinajstić information content (AvgIpc) is 2.40. The number of nitrogens with zero attached hydrogens (tertiary/aromatic N) is 1.